The molecule has 198 valence electrons. The Balaban J connectivity index is 1.50. The zero-order valence-corrected chi connectivity index (χ0v) is 21.3. The predicted octanol–water partition coefficient (Wildman–Crippen LogP) is 5.80. The quantitative estimate of drug-likeness (QED) is 0.144. The molecule has 3 aromatic carbocycles. The third-order valence-electron chi connectivity index (χ3n) is 5.97. The van der Waals surface area contributed by atoms with Gasteiger partial charge in [0.1, 0.15) is 35.9 Å². The normalized spacial score (nSPS) is 27.0. The van der Waals surface area contributed by atoms with Crippen molar-refractivity contribution in [3.63, 3.8) is 0 Å². The van der Waals surface area contributed by atoms with Crippen LogP contribution in [0, 0.1) is 0 Å². The topological polar surface area (TPSA) is 130 Å². The summed E-state index contributed by atoms with van der Waals surface area (Å²) in [6.45, 7) is 0.121. The number of hydrogen-bond donors (Lipinski definition) is 0. The molecule has 2 fully saturated rings. The van der Waals surface area contributed by atoms with Gasteiger partial charge in [-0.05, 0) is 29.8 Å². The van der Waals surface area contributed by atoms with Crippen LogP contribution >= 0.6 is 7.82 Å². The molecular formula is C26H26N3O8P. The van der Waals surface area contributed by atoms with E-state index in [9.17, 15) is 10.1 Å². The molecule has 6 atom stereocenters. The Hall–Kier alpha value is -3.40. The number of methoxy groups -OCH3 is 1. The molecule has 0 unspecified atom stereocenters. The highest BCUT2D eigenvalue weighted by Gasteiger charge is 2.54. The molecule has 11 nitrogen and oxygen atoms in total. The second kappa shape index (κ2) is 12.0. The maximum atomic E-state index is 14.2. The van der Waals surface area contributed by atoms with Gasteiger partial charge in [0.05, 0.1) is 6.61 Å². The number of rotatable bonds is 9. The van der Waals surface area contributed by atoms with Crippen LogP contribution in [0.25, 0.3) is 10.4 Å². The van der Waals surface area contributed by atoms with Crippen molar-refractivity contribution in [2.24, 2.45) is 5.11 Å². The minimum atomic E-state index is -4.40. The molecule has 12 heteroatoms. The van der Waals surface area contributed by atoms with Gasteiger partial charge >= 0.3 is 7.82 Å². The van der Waals surface area contributed by atoms with E-state index in [4.69, 9.17) is 32.5 Å². The fourth-order valence-electron chi connectivity index (χ4n) is 4.27. The van der Waals surface area contributed by atoms with Crippen molar-refractivity contribution in [3.8, 4) is 11.5 Å². The number of hydrogen-bond acceptors (Lipinski definition) is 9. The summed E-state index contributed by atoms with van der Waals surface area (Å²) in [6, 6.07) is 25.2. The predicted molar refractivity (Wildman–Crippen MR) is 135 cm³/mol. The maximum Gasteiger partial charge on any atom is 0.587 e. The molecule has 0 aromatic heterocycles. The number of phosphoric acid groups is 1. The molecule has 2 heterocycles. The third-order valence-corrected chi connectivity index (χ3v) is 7.34. The second-order valence-corrected chi connectivity index (χ2v) is 9.95. The molecule has 0 radical (unpaired) electrons. The van der Waals surface area contributed by atoms with Gasteiger partial charge in [0, 0.05) is 17.6 Å². The molecule has 0 spiro atoms. The second-order valence-electron chi connectivity index (χ2n) is 8.48. The lowest BCUT2D eigenvalue weighted by Crippen LogP contribution is -2.62. The lowest BCUT2D eigenvalue weighted by Gasteiger charge is -2.47. The van der Waals surface area contributed by atoms with Gasteiger partial charge < -0.3 is 28.0 Å². The highest BCUT2D eigenvalue weighted by Crippen LogP contribution is 2.53. The summed E-state index contributed by atoms with van der Waals surface area (Å²) in [5.74, 6) is 0.517. The Labute approximate surface area is 219 Å². The summed E-state index contributed by atoms with van der Waals surface area (Å²) in [7, 11) is -3.00. The Bertz CT molecular complexity index is 1230. The van der Waals surface area contributed by atoms with E-state index in [0.29, 0.717) is 0 Å². The largest absolute Gasteiger partial charge is 0.587 e. The number of para-hydroxylation sites is 2. The van der Waals surface area contributed by atoms with Gasteiger partial charge in [-0.15, -0.1) is 0 Å². The summed E-state index contributed by atoms with van der Waals surface area (Å²) < 4.78 is 55.6. The average molecular weight is 539 g/mol. The van der Waals surface area contributed by atoms with E-state index in [1.165, 1.54) is 7.11 Å². The van der Waals surface area contributed by atoms with E-state index in [1.807, 2.05) is 30.3 Å². The van der Waals surface area contributed by atoms with E-state index in [-0.39, 0.29) is 18.1 Å². The summed E-state index contributed by atoms with van der Waals surface area (Å²) in [4.78, 5) is 2.95. The fraction of sp³-hybridized carbons (Fsp3) is 0.308. The molecule has 0 aliphatic carbocycles. The van der Waals surface area contributed by atoms with Gasteiger partial charge in [0.25, 0.3) is 0 Å². The number of ether oxygens (including phenoxy) is 4. The summed E-state index contributed by atoms with van der Waals surface area (Å²) in [5.41, 5.74) is 10.1. The average Bonchev–Trinajstić information content (AvgIpc) is 2.95. The monoisotopic (exact) mass is 539 g/mol. The first-order chi connectivity index (χ1) is 18.6. The molecule has 5 rings (SSSR count). The van der Waals surface area contributed by atoms with Crippen molar-refractivity contribution < 1.29 is 37.1 Å². The number of fused-ring (bicyclic) bond motifs is 1. The zero-order valence-electron chi connectivity index (χ0n) is 20.4. The van der Waals surface area contributed by atoms with Crippen molar-refractivity contribution >= 4 is 7.82 Å². The van der Waals surface area contributed by atoms with Gasteiger partial charge in [-0.1, -0.05) is 71.8 Å². The number of phosphoric ester groups is 1. The Morgan fingerprint density at radius 3 is 2.03 bits per heavy atom. The van der Waals surface area contributed by atoms with Gasteiger partial charge in [-0.25, -0.2) is 4.57 Å². The summed E-state index contributed by atoms with van der Waals surface area (Å²) in [5, 5.41) is 3.86. The Morgan fingerprint density at radius 1 is 0.895 bits per heavy atom. The first-order valence-corrected chi connectivity index (χ1v) is 13.4. The van der Waals surface area contributed by atoms with Crippen LogP contribution in [0.1, 0.15) is 11.9 Å². The molecular weight excluding hydrogens is 513 g/mol. The molecule has 3 aromatic rings. The molecule has 2 aliphatic rings. The lowest BCUT2D eigenvalue weighted by atomic mass is 9.96. The molecule has 0 N–H and O–H groups in total. The van der Waals surface area contributed by atoms with Crippen LogP contribution < -0.4 is 9.05 Å². The van der Waals surface area contributed by atoms with Crippen LogP contribution in [0.2, 0.25) is 0 Å². The lowest BCUT2D eigenvalue weighted by molar-refractivity contribution is -0.336. The van der Waals surface area contributed by atoms with Crippen LogP contribution in [0.5, 0.6) is 11.5 Å². The van der Waals surface area contributed by atoms with Crippen molar-refractivity contribution in [1.82, 2.24) is 0 Å². The van der Waals surface area contributed by atoms with Crippen molar-refractivity contribution in [2.75, 3.05) is 13.7 Å². The molecule has 2 saturated heterocycles. The SMILES string of the molecule is CO[C@H]1O[C@@H]2CO[C@@H](c3ccccc3)O[C@H]2[C@@H](OP(=O)(Oc2ccccc2)Oc2ccccc2)[C@@H]1N=[N+]=[N-]. The summed E-state index contributed by atoms with van der Waals surface area (Å²) in [6.07, 6.45) is -4.50. The van der Waals surface area contributed by atoms with E-state index in [1.54, 1.807) is 60.7 Å². The minimum Gasteiger partial charge on any atom is -0.395 e. The maximum absolute atomic E-state index is 14.2. The van der Waals surface area contributed by atoms with Gasteiger partial charge in [-0.2, -0.15) is 0 Å². The Morgan fingerprint density at radius 2 is 1.47 bits per heavy atom. The van der Waals surface area contributed by atoms with Crippen LogP contribution in [0.15, 0.2) is 96.1 Å². The van der Waals surface area contributed by atoms with Crippen LogP contribution in [0.3, 0.4) is 0 Å². The fourth-order valence-corrected chi connectivity index (χ4v) is 5.69. The van der Waals surface area contributed by atoms with E-state index in [0.717, 1.165) is 5.56 Å². The van der Waals surface area contributed by atoms with Crippen molar-refractivity contribution in [3.05, 3.63) is 107 Å². The molecule has 0 saturated carbocycles. The molecule has 2 aliphatic heterocycles. The van der Waals surface area contributed by atoms with Gasteiger partial charge in [0.2, 0.25) is 0 Å². The standard InChI is InChI=1S/C26H26N3O8P/c1-31-26-22(28-29-27)24(23-21(33-26)17-32-25(34-23)18-11-5-2-6-12-18)37-38(30,35-19-13-7-3-8-14-19)36-20-15-9-4-10-16-20/h2-16,21-26H,17H2,1H3/t21-,22+,23-,24+,25-,26+/m1/s1. The minimum absolute atomic E-state index is 0.121. The number of azide groups is 1. The highest BCUT2D eigenvalue weighted by atomic mass is 31.2. The zero-order chi connectivity index (χ0) is 26.4. The van der Waals surface area contributed by atoms with Crippen LogP contribution in [-0.4, -0.2) is 44.4 Å². The van der Waals surface area contributed by atoms with Gasteiger partial charge in [0.15, 0.2) is 12.6 Å². The number of benzene rings is 3. The number of nitrogens with zero attached hydrogens (tertiary/aromatic N) is 3. The molecule has 0 bridgehead atoms. The van der Waals surface area contributed by atoms with E-state index < -0.39 is 44.8 Å². The summed E-state index contributed by atoms with van der Waals surface area (Å²) >= 11 is 0. The smallest absolute Gasteiger partial charge is 0.395 e. The highest BCUT2D eigenvalue weighted by molar-refractivity contribution is 7.49. The van der Waals surface area contributed by atoms with Crippen molar-refractivity contribution in [2.45, 2.75) is 36.9 Å². The third kappa shape index (κ3) is 6.01. The molecule has 0 amide bonds. The first-order valence-electron chi connectivity index (χ1n) is 11.9. The van der Waals surface area contributed by atoms with Crippen LogP contribution in [0.4, 0.5) is 0 Å². The molecule has 38 heavy (non-hydrogen) atoms. The van der Waals surface area contributed by atoms with E-state index in [2.05, 4.69) is 10.0 Å². The first kappa shape index (κ1) is 26.2. The van der Waals surface area contributed by atoms with Gasteiger partial charge in [-0.3, -0.25) is 4.52 Å². The van der Waals surface area contributed by atoms with E-state index >= 15 is 0 Å². The van der Waals surface area contributed by atoms with Crippen LogP contribution in [-0.2, 0) is 28.0 Å². The Kier molecular flexibility index (Phi) is 8.26. The van der Waals surface area contributed by atoms with Crippen molar-refractivity contribution in [1.29, 1.82) is 0 Å².